The number of methoxy groups -OCH3 is 1. The lowest BCUT2D eigenvalue weighted by molar-refractivity contribution is -0.137. The number of nitrogens with one attached hydrogen (secondary N) is 1. The summed E-state index contributed by atoms with van der Waals surface area (Å²) >= 11 is 0. The Labute approximate surface area is 104 Å². The van der Waals surface area contributed by atoms with E-state index in [0.29, 0.717) is 13.2 Å². The number of alkyl halides is 3. The summed E-state index contributed by atoms with van der Waals surface area (Å²) in [4.78, 5) is 0. The number of hydrogen-bond acceptors (Lipinski definition) is 3. The predicted octanol–water partition coefficient (Wildman–Crippen LogP) is 2.32. The minimum absolute atomic E-state index is 0.183. The van der Waals surface area contributed by atoms with E-state index in [4.69, 9.17) is 9.47 Å². The molecule has 1 aromatic carbocycles. The average Bonchev–Trinajstić information content (AvgIpc) is 2.29. The average molecular weight is 263 g/mol. The van der Waals surface area contributed by atoms with Crippen LogP contribution in [0.1, 0.15) is 5.56 Å². The fourth-order valence-electron chi connectivity index (χ4n) is 1.49. The van der Waals surface area contributed by atoms with Gasteiger partial charge >= 0.3 is 6.18 Å². The van der Waals surface area contributed by atoms with Crippen molar-refractivity contribution in [3.63, 3.8) is 0 Å². The second kappa shape index (κ2) is 6.61. The van der Waals surface area contributed by atoms with Crippen LogP contribution in [0, 0.1) is 0 Å². The molecule has 102 valence electrons. The second-order valence-corrected chi connectivity index (χ2v) is 3.78. The first kappa shape index (κ1) is 14.8. The Morgan fingerprint density at radius 2 is 2.06 bits per heavy atom. The third-order valence-electron chi connectivity index (χ3n) is 2.25. The molecule has 0 spiro atoms. The predicted molar refractivity (Wildman–Crippen MR) is 61.7 cm³/mol. The molecule has 1 unspecified atom stereocenters. The van der Waals surface area contributed by atoms with Crippen molar-refractivity contribution in [1.82, 2.24) is 5.32 Å². The highest BCUT2D eigenvalue weighted by atomic mass is 19.4. The SMILES string of the molecule is CNCC(COC)Oc1cccc(C(F)(F)F)c1. The molecule has 0 bridgehead atoms. The molecule has 1 atom stereocenters. The summed E-state index contributed by atoms with van der Waals surface area (Å²) < 4.78 is 47.9. The lowest BCUT2D eigenvalue weighted by Gasteiger charge is -2.18. The summed E-state index contributed by atoms with van der Waals surface area (Å²) in [6.45, 7) is 0.793. The zero-order chi connectivity index (χ0) is 13.6. The third kappa shape index (κ3) is 4.54. The molecule has 0 amide bonds. The smallest absolute Gasteiger partial charge is 0.416 e. The Bertz CT molecular complexity index is 363. The van der Waals surface area contributed by atoms with Crippen LogP contribution >= 0.6 is 0 Å². The van der Waals surface area contributed by atoms with Crippen LogP contribution in [0.25, 0.3) is 0 Å². The van der Waals surface area contributed by atoms with E-state index < -0.39 is 11.7 Å². The zero-order valence-corrected chi connectivity index (χ0v) is 10.3. The molecule has 1 N–H and O–H groups in total. The molecule has 0 fully saturated rings. The van der Waals surface area contributed by atoms with Gasteiger partial charge in [0.15, 0.2) is 0 Å². The molecule has 0 aromatic heterocycles. The molecule has 3 nitrogen and oxygen atoms in total. The summed E-state index contributed by atoms with van der Waals surface area (Å²) in [5, 5.41) is 2.89. The van der Waals surface area contributed by atoms with Gasteiger partial charge in [0, 0.05) is 13.7 Å². The van der Waals surface area contributed by atoms with E-state index >= 15 is 0 Å². The van der Waals surface area contributed by atoms with Crippen molar-refractivity contribution in [3.8, 4) is 5.75 Å². The molecule has 0 saturated carbocycles. The van der Waals surface area contributed by atoms with E-state index in [1.54, 1.807) is 7.05 Å². The first-order chi connectivity index (χ1) is 8.47. The maximum Gasteiger partial charge on any atom is 0.416 e. The largest absolute Gasteiger partial charge is 0.487 e. The van der Waals surface area contributed by atoms with E-state index in [-0.39, 0.29) is 11.9 Å². The van der Waals surface area contributed by atoms with E-state index in [9.17, 15) is 13.2 Å². The monoisotopic (exact) mass is 263 g/mol. The number of likely N-dealkylation sites (N-methyl/N-ethyl adjacent to an activating group) is 1. The molecule has 1 aromatic rings. The van der Waals surface area contributed by atoms with Crippen molar-refractivity contribution in [2.24, 2.45) is 0 Å². The quantitative estimate of drug-likeness (QED) is 0.854. The second-order valence-electron chi connectivity index (χ2n) is 3.78. The Morgan fingerprint density at radius 3 is 2.61 bits per heavy atom. The van der Waals surface area contributed by atoms with Gasteiger partial charge in [0.05, 0.1) is 12.2 Å². The van der Waals surface area contributed by atoms with Gasteiger partial charge in [0.25, 0.3) is 0 Å². The summed E-state index contributed by atoms with van der Waals surface area (Å²) in [6, 6.07) is 4.81. The first-order valence-electron chi connectivity index (χ1n) is 5.45. The highest BCUT2D eigenvalue weighted by Crippen LogP contribution is 2.31. The van der Waals surface area contributed by atoms with Crippen molar-refractivity contribution < 1.29 is 22.6 Å². The summed E-state index contributed by atoms with van der Waals surface area (Å²) in [6.07, 6.45) is -4.69. The van der Waals surface area contributed by atoms with Crippen LogP contribution in [-0.4, -0.2) is 33.4 Å². The standard InChI is InChI=1S/C12H16F3NO2/c1-16-7-11(8-17-2)18-10-5-3-4-9(6-10)12(13,14)15/h3-6,11,16H,7-8H2,1-2H3. The summed E-state index contributed by atoms with van der Waals surface area (Å²) in [7, 11) is 3.25. The van der Waals surface area contributed by atoms with Gasteiger partial charge in [-0.3, -0.25) is 0 Å². The molecule has 6 heteroatoms. The minimum Gasteiger partial charge on any atom is -0.487 e. The van der Waals surface area contributed by atoms with Gasteiger partial charge in [0.1, 0.15) is 11.9 Å². The Morgan fingerprint density at radius 1 is 1.33 bits per heavy atom. The van der Waals surface area contributed by atoms with Crippen LogP contribution < -0.4 is 10.1 Å². The van der Waals surface area contributed by atoms with Crippen LogP contribution in [0.5, 0.6) is 5.75 Å². The molecular formula is C12H16F3NO2. The fraction of sp³-hybridized carbons (Fsp3) is 0.500. The number of ether oxygens (including phenoxy) is 2. The minimum atomic E-state index is -4.36. The van der Waals surface area contributed by atoms with Crippen LogP contribution in [0.2, 0.25) is 0 Å². The first-order valence-corrected chi connectivity index (χ1v) is 5.45. The van der Waals surface area contributed by atoms with Crippen molar-refractivity contribution in [2.45, 2.75) is 12.3 Å². The molecule has 0 radical (unpaired) electrons. The number of rotatable bonds is 6. The lowest BCUT2D eigenvalue weighted by atomic mass is 10.2. The van der Waals surface area contributed by atoms with E-state index in [0.717, 1.165) is 12.1 Å². The van der Waals surface area contributed by atoms with E-state index in [1.807, 2.05) is 0 Å². The van der Waals surface area contributed by atoms with Gasteiger partial charge in [-0.05, 0) is 25.2 Å². The molecule has 0 aliphatic heterocycles. The van der Waals surface area contributed by atoms with Crippen LogP contribution in [0.4, 0.5) is 13.2 Å². The van der Waals surface area contributed by atoms with Gasteiger partial charge in [-0.25, -0.2) is 0 Å². The van der Waals surface area contributed by atoms with E-state index in [2.05, 4.69) is 5.32 Å². The number of hydrogen-bond donors (Lipinski definition) is 1. The zero-order valence-electron chi connectivity index (χ0n) is 10.3. The van der Waals surface area contributed by atoms with Crippen LogP contribution in [-0.2, 0) is 10.9 Å². The highest BCUT2D eigenvalue weighted by Gasteiger charge is 2.30. The van der Waals surface area contributed by atoms with Gasteiger partial charge in [0.2, 0.25) is 0 Å². The Hall–Kier alpha value is -1.27. The van der Waals surface area contributed by atoms with E-state index in [1.165, 1.54) is 19.2 Å². The molecule has 0 aliphatic carbocycles. The normalized spacial score (nSPS) is 13.4. The van der Waals surface area contributed by atoms with Crippen molar-refractivity contribution in [1.29, 1.82) is 0 Å². The molecular weight excluding hydrogens is 247 g/mol. The van der Waals surface area contributed by atoms with Gasteiger partial charge in [-0.15, -0.1) is 0 Å². The summed E-state index contributed by atoms with van der Waals surface area (Å²) in [5.74, 6) is 0.183. The maximum absolute atomic E-state index is 12.5. The molecule has 1 rings (SSSR count). The van der Waals surface area contributed by atoms with Gasteiger partial charge in [-0.2, -0.15) is 13.2 Å². The van der Waals surface area contributed by atoms with Gasteiger partial charge < -0.3 is 14.8 Å². The third-order valence-corrected chi connectivity index (χ3v) is 2.25. The Balaban J connectivity index is 2.77. The van der Waals surface area contributed by atoms with Crippen molar-refractivity contribution in [2.75, 3.05) is 27.3 Å². The highest BCUT2D eigenvalue weighted by molar-refractivity contribution is 5.30. The van der Waals surface area contributed by atoms with Crippen LogP contribution in [0.3, 0.4) is 0 Å². The topological polar surface area (TPSA) is 30.5 Å². The fourth-order valence-corrected chi connectivity index (χ4v) is 1.49. The maximum atomic E-state index is 12.5. The van der Waals surface area contributed by atoms with Crippen molar-refractivity contribution in [3.05, 3.63) is 29.8 Å². The molecule has 0 saturated heterocycles. The van der Waals surface area contributed by atoms with Gasteiger partial charge in [-0.1, -0.05) is 6.07 Å². The van der Waals surface area contributed by atoms with Crippen molar-refractivity contribution >= 4 is 0 Å². The molecule has 0 aliphatic rings. The summed E-state index contributed by atoms with van der Waals surface area (Å²) in [5.41, 5.74) is -0.722. The van der Waals surface area contributed by atoms with Crippen LogP contribution in [0.15, 0.2) is 24.3 Å². The molecule has 18 heavy (non-hydrogen) atoms. The Kier molecular flexibility index (Phi) is 5.43. The number of benzene rings is 1. The molecule has 0 heterocycles. The lowest BCUT2D eigenvalue weighted by Crippen LogP contribution is -2.33. The number of halogens is 3.